The number of benzene rings is 2. The van der Waals surface area contributed by atoms with E-state index in [2.05, 4.69) is 20.9 Å². The van der Waals surface area contributed by atoms with E-state index in [-0.39, 0.29) is 12.5 Å². The van der Waals surface area contributed by atoms with Gasteiger partial charge in [0.25, 0.3) is 0 Å². The molecule has 2 rings (SSSR count). The molecule has 0 aliphatic rings. The lowest BCUT2D eigenvalue weighted by atomic mass is 10.1. The highest BCUT2D eigenvalue weighted by atomic mass is 35.5. The third-order valence-corrected chi connectivity index (χ3v) is 4.45. The smallest absolute Gasteiger partial charge is 0.222 e. The highest BCUT2D eigenvalue weighted by Gasteiger charge is 2.10. The highest BCUT2D eigenvalue weighted by Crippen LogP contribution is 2.23. The molecule has 0 spiro atoms. The van der Waals surface area contributed by atoms with E-state index >= 15 is 0 Å². The van der Waals surface area contributed by atoms with Crippen molar-refractivity contribution in [1.29, 1.82) is 0 Å². The molecule has 0 fully saturated rings. The maximum Gasteiger partial charge on any atom is 0.222 e. The largest absolute Gasteiger partial charge is 0.386 e. The lowest BCUT2D eigenvalue weighted by Crippen LogP contribution is -2.39. The van der Waals surface area contributed by atoms with E-state index in [0.29, 0.717) is 47.6 Å². The van der Waals surface area contributed by atoms with Gasteiger partial charge in [-0.2, -0.15) is 0 Å². The van der Waals surface area contributed by atoms with Crippen molar-refractivity contribution in [3.63, 3.8) is 0 Å². The Bertz CT molecular complexity index is 795. The van der Waals surface area contributed by atoms with Crippen molar-refractivity contribution in [2.45, 2.75) is 26.0 Å². The van der Waals surface area contributed by atoms with Gasteiger partial charge in [0.15, 0.2) is 5.96 Å². The van der Waals surface area contributed by atoms with E-state index in [9.17, 15) is 9.90 Å². The molecule has 1 atom stereocenters. The first-order valence-corrected chi connectivity index (χ1v) is 10.2. The second kappa shape index (κ2) is 12.3. The fourth-order valence-corrected chi connectivity index (χ4v) is 3.11. The number of carbonyl (C=O) groups excluding carboxylic acids is 1. The second-order valence-electron chi connectivity index (χ2n) is 6.38. The Hall–Kier alpha value is -2.28. The Balaban J connectivity index is 1.80. The third-order valence-electron chi connectivity index (χ3n) is 4.01. The first-order chi connectivity index (χ1) is 14.0. The van der Waals surface area contributed by atoms with Crippen LogP contribution in [0, 0.1) is 0 Å². The van der Waals surface area contributed by atoms with Crippen LogP contribution in [0.2, 0.25) is 10.0 Å². The fraction of sp³-hybridized carbons (Fsp3) is 0.333. The van der Waals surface area contributed by atoms with Crippen LogP contribution in [0.1, 0.15) is 30.6 Å². The number of aliphatic hydroxyl groups is 1. The van der Waals surface area contributed by atoms with Gasteiger partial charge in [-0.1, -0.05) is 53.5 Å². The summed E-state index contributed by atoms with van der Waals surface area (Å²) < 4.78 is 0. The molecule has 2 aromatic carbocycles. The predicted octanol–water partition coefficient (Wildman–Crippen LogP) is 3.29. The number of amides is 1. The van der Waals surface area contributed by atoms with Gasteiger partial charge in [-0.15, -0.1) is 0 Å². The number of guanidine groups is 1. The van der Waals surface area contributed by atoms with E-state index in [0.717, 1.165) is 5.56 Å². The SMILES string of the molecule is CCNC(=NCC(O)c1cc(Cl)cc(Cl)c1)NCCC(=O)NCc1ccccc1. The number of hydrogen-bond acceptors (Lipinski definition) is 3. The van der Waals surface area contributed by atoms with Crippen LogP contribution in [0.15, 0.2) is 53.5 Å². The number of halogens is 2. The average molecular weight is 437 g/mol. The third kappa shape index (κ3) is 8.73. The molecule has 0 saturated heterocycles. The molecule has 0 aromatic heterocycles. The second-order valence-corrected chi connectivity index (χ2v) is 7.25. The van der Waals surface area contributed by atoms with Crippen molar-refractivity contribution in [3.05, 3.63) is 69.7 Å². The van der Waals surface area contributed by atoms with E-state index < -0.39 is 6.10 Å². The molecule has 29 heavy (non-hydrogen) atoms. The first-order valence-electron chi connectivity index (χ1n) is 9.44. The van der Waals surface area contributed by atoms with Crippen molar-refractivity contribution in [2.24, 2.45) is 4.99 Å². The van der Waals surface area contributed by atoms with Crippen LogP contribution in [-0.2, 0) is 11.3 Å². The van der Waals surface area contributed by atoms with Gasteiger partial charge in [-0.05, 0) is 36.2 Å². The zero-order chi connectivity index (χ0) is 21.1. The molecule has 2 aromatic rings. The van der Waals surface area contributed by atoms with E-state index in [4.69, 9.17) is 23.2 Å². The summed E-state index contributed by atoms with van der Waals surface area (Å²) in [5.41, 5.74) is 1.65. The molecule has 1 unspecified atom stereocenters. The Kier molecular flexibility index (Phi) is 9.77. The Morgan fingerprint density at radius 3 is 2.41 bits per heavy atom. The van der Waals surface area contributed by atoms with Gasteiger partial charge in [0.1, 0.15) is 0 Å². The van der Waals surface area contributed by atoms with Gasteiger partial charge in [0.05, 0.1) is 12.6 Å². The normalized spacial score (nSPS) is 12.3. The highest BCUT2D eigenvalue weighted by molar-refractivity contribution is 6.34. The number of rotatable bonds is 9. The van der Waals surface area contributed by atoms with Gasteiger partial charge in [0, 0.05) is 36.1 Å². The summed E-state index contributed by atoms with van der Waals surface area (Å²) in [6.07, 6.45) is -0.528. The van der Waals surface area contributed by atoms with Crippen LogP contribution in [0.25, 0.3) is 0 Å². The number of nitrogens with one attached hydrogen (secondary N) is 3. The summed E-state index contributed by atoms with van der Waals surface area (Å²) in [5.74, 6) is 0.473. The molecule has 0 heterocycles. The summed E-state index contributed by atoms with van der Waals surface area (Å²) in [4.78, 5) is 16.4. The van der Waals surface area contributed by atoms with Crippen LogP contribution in [0.3, 0.4) is 0 Å². The van der Waals surface area contributed by atoms with Gasteiger partial charge < -0.3 is 21.1 Å². The Morgan fingerprint density at radius 2 is 1.76 bits per heavy atom. The van der Waals surface area contributed by atoms with Crippen LogP contribution in [0.4, 0.5) is 0 Å². The zero-order valence-corrected chi connectivity index (χ0v) is 17.8. The quantitative estimate of drug-likeness (QED) is 0.358. The molecule has 8 heteroatoms. The standard InChI is InChI=1S/C21H26Cl2N4O2/c1-2-24-21(27-14-19(28)16-10-17(22)12-18(23)11-16)25-9-8-20(29)26-13-15-6-4-3-5-7-15/h3-7,10-12,19,28H,2,8-9,13-14H2,1H3,(H,26,29)(H2,24,25,27). The molecule has 0 radical (unpaired) electrons. The summed E-state index contributed by atoms with van der Waals surface area (Å²) >= 11 is 12.0. The maximum absolute atomic E-state index is 12.0. The molecule has 0 aliphatic carbocycles. The lowest BCUT2D eigenvalue weighted by molar-refractivity contribution is -0.121. The first kappa shape index (κ1) is 23.0. The van der Waals surface area contributed by atoms with Gasteiger partial charge >= 0.3 is 0 Å². The van der Waals surface area contributed by atoms with Gasteiger partial charge in [0.2, 0.25) is 5.91 Å². The Labute approximate surface area is 181 Å². The minimum Gasteiger partial charge on any atom is -0.386 e. The molecule has 6 nitrogen and oxygen atoms in total. The predicted molar refractivity (Wildman–Crippen MR) is 118 cm³/mol. The number of nitrogens with zero attached hydrogens (tertiary/aromatic N) is 1. The molecular weight excluding hydrogens is 411 g/mol. The van der Waals surface area contributed by atoms with Crippen LogP contribution >= 0.6 is 23.2 Å². The Morgan fingerprint density at radius 1 is 1.07 bits per heavy atom. The summed E-state index contributed by atoms with van der Waals surface area (Å²) in [6.45, 7) is 3.65. The molecule has 0 aliphatic heterocycles. The van der Waals surface area contributed by atoms with Crippen LogP contribution < -0.4 is 16.0 Å². The number of aliphatic imine (C=N–C) groups is 1. The summed E-state index contributed by atoms with van der Waals surface area (Å²) in [7, 11) is 0. The topological polar surface area (TPSA) is 85.8 Å². The van der Waals surface area contributed by atoms with Crippen molar-refractivity contribution in [3.8, 4) is 0 Å². The molecule has 1 amide bonds. The molecule has 0 saturated carbocycles. The zero-order valence-electron chi connectivity index (χ0n) is 16.3. The van der Waals surface area contributed by atoms with Crippen LogP contribution in [-0.4, -0.2) is 36.6 Å². The average Bonchev–Trinajstić information content (AvgIpc) is 2.70. The molecule has 0 bridgehead atoms. The lowest BCUT2D eigenvalue weighted by Gasteiger charge is -2.14. The maximum atomic E-state index is 12.0. The van der Waals surface area contributed by atoms with E-state index in [1.165, 1.54) is 0 Å². The van der Waals surface area contributed by atoms with Crippen LogP contribution in [0.5, 0.6) is 0 Å². The van der Waals surface area contributed by atoms with Crippen molar-refractivity contribution in [2.75, 3.05) is 19.6 Å². The molecule has 156 valence electrons. The number of carbonyl (C=O) groups is 1. The monoisotopic (exact) mass is 436 g/mol. The number of hydrogen-bond donors (Lipinski definition) is 4. The van der Waals surface area contributed by atoms with Crippen molar-refractivity contribution in [1.82, 2.24) is 16.0 Å². The van der Waals surface area contributed by atoms with Crippen molar-refractivity contribution >= 4 is 35.1 Å². The molecule has 4 N–H and O–H groups in total. The fourth-order valence-electron chi connectivity index (χ4n) is 2.57. The minimum absolute atomic E-state index is 0.0502. The van der Waals surface area contributed by atoms with Gasteiger partial charge in [-0.3, -0.25) is 9.79 Å². The van der Waals surface area contributed by atoms with Gasteiger partial charge in [-0.25, -0.2) is 0 Å². The summed E-state index contributed by atoms with van der Waals surface area (Å²) in [6, 6.07) is 14.7. The van der Waals surface area contributed by atoms with E-state index in [1.54, 1.807) is 18.2 Å². The van der Waals surface area contributed by atoms with E-state index in [1.807, 2.05) is 37.3 Å². The van der Waals surface area contributed by atoms with Crippen molar-refractivity contribution < 1.29 is 9.90 Å². The molecular formula is C21H26Cl2N4O2. The minimum atomic E-state index is -0.837. The summed E-state index contributed by atoms with van der Waals surface area (Å²) in [5, 5.41) is 20.3. The number of aliphatic hydroxyl groups excluding tert-OH is 1.